The molecule has 0 spiro atoms. The van der Waals surface area contributed by atoms with Crippen LogP contribution in [0.4, 0.5) is 0 Å². The number of nitrogens with one attached hydrogen (secondary N) is 2. The molecule has 1 atom stereocenters. The predicted molar refractivity (Wildman–Crippen MR) is 107 cm³/mol. The Bertz CT molecular complexity index is 910. The van der Waals surface area contributed by atoms with Crippen molar-refractivity contribution >= 4 is 27.3 Å². The van der Waals surface area contributed by atoms with Crippen LogP contribution in [-0.4, -0.2) is 33.6 Å². The van der Waals surface area contributed by atoms with E-state index in [0.29, 0.717) is 31.3 Å². The van der Waals surface area contributed by atoms with Crippen LogP contribution in [0, 0.1) is 5.92 Å². The van der Waals surface area contributed by atoms with Crippen LogP contribution < -0.4 is 19.5 Å². The van der Waals surface area contributed by atoms with E-state index >= 15 is 0 Å². The van der Waals surface area contributed by atoms with Crippen LogP contribution in [0.2, 0.25) is 0 Å². The molecule has 1 unspecified atom stereocenters. The van der Waals surface area contributed by atoms with Gasteiger partial charge in [-0.25, -0.2) is 8.42 Å². The third-order valence-corrected chi connectivity index (χ3v) is 6.59. The first kappa shape index (κ1) is 20.6. The molecule has 7 nitrogen and oxygen atoms in total. The van der Waals surface area contributed by atoms with E-state index < -0.39 is 16.1 Å². The van der Waals surface area contributed by atoms with Gasteiger partial charge in [0.15, 0.2) is 11.5 Å². The fourth-order valence-electron chi connectivity index (χ4n) is 2.74. The first-order chi connectivity index (χ1) is 13.4. The van der Waals surface area contributed by atoms with Gasteiger partial charge >= 0.3 is 0 Å². The lowest BCUT2D eigenvalue weighted by Gasteiger charge is -2.22. The molecule has 152 valence electrons. The summed E-state index contributed by atoms with van der Waals surface area (Å²) in [6.45, 7) is 4.95. The second-order valence-corrected chi connectivity index (χ2v) is 9.55. The monoisotopic (exact) mass is 424 g/mol. The van der Waals surface area contributed by atoms with Crippen molar-refractivity contribution in [1.82, 2.24) is 10.0 Å². The third-order valence-electron chi connectivity index (χ3n) is 4.28. The maximum Gasteiger partial charge on any atom is 0.241 e. The van der Waals surface area contributed by atoms with E-state index in [9.17, 15) is 13.2 Å². The molecule has 2 heterocycles. The Morgan fingerprint density at radius 1 is 1.18 bits per heavy atom. The van der Waals surface area contributed by atoms with E-state index in [1.165, 1.54) is 23.5 Å². The number of hydrogen-bond donors (Lipinski definition) is 2. The molecule has 0 aliphatic carbocycles. The minimum Gasteiger partial charge on any atom is -0.490 e. The summed E-state index contributed by atoms with van der Waals surface area (Å²) in [5.74, 6) is 0.328. The van der Waals surface area contributed by atoms with Gasteiger partial charge < -0.3 is 14.8 Å². The van der Waals surface area contributed by atoms with Gasteiger partial charge in [-0.1, -0.05) is 19.9 Å². The van der Waals surface area contributed by atoms with Gasteiger partial charge in [0.1, 0.15) is 6.04 Å². The molecule has 0 radical (unpaired) electrons. The van der Waals surface area contributed by atoms with Gasteiger partial charge in [-0.2, -0.15) is 4.72 Å². The SMILES string of the molecule is CC(C)C(NS(=O)(=O)c1ccc2c(c1)OCCCO2)C(=O)NCc1cccs1. The molecular formula is C19H24N2O5S2. The smallest absolute Gasteiger partial charge is 0.241 e. The largest absolute Gasteiger partial charge is 0.490 e. The Balaban J connectivity index is 1.74. The van der Waals surface area contributed by atoms with E-state index in [0.717, 1.165) is 11.3 Å². The van der Waals surface area contributed by atoms with Crippen LogP contribution in [-0.2, 0) is 21.4 Å². The molecule has 2 aromatic rings. The molecule has 9 heteroatoms. The average molecular weight is 425 g/mol. The fourth-order valence-corrected chi connectivity index (χ4v) is 4.74. The summed E-state index contributed by atoms with van der Waals surface area (Å²) in [6.07, 6.45) is 0.731. The molecule has 1 aromatic heterocycles. The summed E-state index contributed by atoms with van der Waals surface area (Å²) in [6, 6.07) is 7.40. The summed E-state index contributed by atoms with van der Waals surface area (Å²) in [7, 11) is -3.91. The van der Waals surface area contributed by atoms with Crippen LogP contribution in [0.15, 0.2) is 40.6 Å². The molecular weight excluding hydrogens is 400 g/mol. The lowest BCUT2D eigenvalue weighted by Crippen LogP contribution is -2.49. The molecule has 1 aromatic carbocycles. The Hall–Kier alpha value is -2.10. The zero-order valence-corrected chi connectivity index (χ0v) is 17.4. The number of hydrogen-bond acceptors (Lipinski definition) is 6. The van der Waals surface area contributed by atoms with E-state index in [1.54, 1.807) is 19.9 Å². The van der Waals surface area contributed by atoms with Crippen LogP contribution in [0.25, 0.3) is 0 Å². The number of carbonyl (C=O) groups is 1. The van der Waals surface area contributed by atoms with Crippen LogP contribution in [0.5, 0.6) is 11.5 Å². The topological polar surface area (TPSA) is 93.7 Å². The lowest BCUT2D eigenvalue weighted by atomic mass is 10.1. The quantitative estimate of drug-likeness (QED) is 0.712. The van der Waals surface area contributed by atoms with E-state index in [2.05, 4.69) is 10.0 Å². The van der Waals surface area contributed by atoms with Crippen LogP contribution in [0.3, 0.4) is 0 Å². The summed E-state index contributed by atoms with van der Waals surface area (Å²) in [4.78, 5) is 13.6. The number of sulfonamides is 1. The number of thiophene rings is 1. The molecule has 0 saturated heterocycles. The standard InChI is InChI=1S/C19H24N2O5S2/c1-13(2)18(19(22)20-12-14-5-3-10-27-14)21-28(23,24)15-6-7-16-17(11-15)26-9-4-8-25-16/h3,5-7,10-11,13,18,21H,4,8-9,12H2,1-2H3,(H,20,22). The maximum absolute atomic E-state index is 12.9. The van der Waals surface area contributed by atoms with Gasteiger partial charge in [-0.05, 0) is 29.5 Å². The maximum atomic E-state index is 12.9. The van der Waals surface area contributed by atoms with Crippen LogP contribution in [0.1, 0.15) is 25.1 Å². The zero-order valence-electron chi connectivity index (χ0n) is 15.8. The summed E-state index contributed by atoms with van der Waals surface area (Å²) in [5.41, 5.74) is 0. The molecule has 0 fully saturated rings. The van der Waals surface area contributed by atoms with Crippen molar-refractivity contribution in [3.05, 3.63) is 40.6 Å². The summed E-state index contributed by atoms with van der Waals surface area (Å²) >= 11 is 1.53. The highest BCUT2D eigenvalue weighted by Gasteiger charge is 2.29. The van der Waals surface area contributed by atoms with Crippen LogP contribution >= 0.6 is 11.3 Å². The molecule has 3 rings (SSSR count). The molecule has 0 bridgehead atoms. The molecule has 1 aliphatic rings. The Morgan fingerprint density at radius 3 is 2.61 bits per heavy atom. The van der Waals surface area contributed by atoms with Gasteiger partial charge in [-0.15, -0.1) is 11.3 Å². The summed E-state index contributed by atoms with van der Waals surface area (Å²) < 4.78 is 39.4. The fraction of sp³-hybridized carbons (Fsp3) is 0.421. The third kappa shape index (κ3) is 5.03. The minimum absolute atomic E-state index is 0.0356. The van der Waals surface area contributed by atoms with Gasteiger partial charge in [-0.3, -0.25) is 4.79 Å². The van der Waals surface area contributed by atoms with Crippen molar-refractivity contribution in [2.45, 2.75) is 37.8 Å². The second kappa shape index (κ2) is 8.93. The van der Waals surface area contributed by atoms with Gasteiger partial charge in [0.2, 0.25) is 15.9 Å². The second-order valence-electron chi connectivity index (χ2n) is 6.80. The first-order valence-corrected chi connectivity index (χ1v) is 11.4. The minimum atomic E-state index is -3.91. The first-order valence-electron chi connectivity index (χ1n) is 9.09. The number of rotatable bonds is 7. The van der Waals surface area contributed by atoms with Gasteiger partial charge in [0, 0.05) is 17.4 Å². The molecule has 1 aliphatic heterocycles. The predicted octanol–water partition coefficient (Wildman–Crippen LogP) is 2.53. The number of benzene rings is 1. The lowest BCUT2D eigenvalue weighted by molar-refractivity contribution is -0.123. The van der Waals surface area contributed by atoms with Crippen molar-refractivity contribution < 1.29 is 22.7 Å². The highest BCUT2D eigenvalue weighted by atomic mass is 32.2. The summed E-state index contributed by atoms with van der Waals surface area (Å²) in [5, 5.41) is 4.72. The number of ether oxygens (including phenoxy) is 2. The number of amides is 1. The van der Waals surface area contributed by atoms with Crippen molar-refractivity contribution in [3.63, 3.8) is 0 Å². The molecule has 28 heavy (non-hydrogen) atoms. The average Bonchev–Trinajstić information content (AvgIpc) is 3.07. The van der Waals surface area contributed by atoms with Gasteiger partial charge in [0.25, 0.3) is 0 Å². The van der Waals surface area contributed by atoms with Crippen molar-refractivity contribution in [2.75, 3.05) is 13.2 Å². The molecule has 2 N–H and O–H groups in total. The number of carbonyl (C=O) groups excluding carboxylic acids is 1. The van der Waals surface area contributed by atoms with Crippen molar-refractivity contribution in [2.24, 2.45) is 5.92 Å². The Kier molecular flexibility index (Phi) is 6.58. The number of fused-ring (bicyclic) bond motifs is 1. The van der Waals surface area contributed by atoms with E-state index in [4.69, 9.17) is 9.47 Å². The van der Waals surface area contributed by atoms with Crippen molar-refractivity contribution in [3.8, 4) is 11.5 Å². The zero-order chi connectivity index (χ0) is 20.1. The highest BCUT2D eigenvalue weighted by molar-refractivity contribution is 7.89. The Labute approximate surface area is 169 Å². The molecule has 1 amide bonds. The van der Waals surface area contributed by atoms with Crippen molar-refractivity contribution in [1.29, 1.82) is 0 Å². The normalized spacial score (nSPS) is 15.1. The van der Waals surface area contributed by atoms with E-state index in [-0.39, 0.29) is 16.7 Å². The van der Waals surface area contributed by atoms with E-state index in [1.807, 2.05) is 17.5 Å². The van der Waals surface area contributed by atoms with Gasteiger partial charge in [0.05, 0.1) is 24.7 Å². The Morgan fingerprint density at radius 2 is 1.93 bits per heavy atom. The highest BCUT2D eigenvalue weighted by Crippen LogP contribution is 2.32. The molecule has 0 saturated carbocycles.